The predicted molar refractivity (Wildman–Crippen MR) is 119 cm³/mol. The van der Waals surface area contributed by atoms with Crippen LogP contribution in [0.15, 0.2) is 40.9 Å². The monoisotopic (exact) mass is 489 g/mol. The SMILES string of the molecule is CCOc1cc(Br)c(COC(=O)/C=C/c2ccc(OCC#N)c(OC)c2)cc1OCC. The molecular weight excluding hydrogens is 466 g/mol. The summed E-state index contributed by atoms with van der Waals surface area (Å²) in [5.41, 5.74) is 1.48. The van der Waals surface area contributed by atoms with E-state index in [4.69, 9.17) is 28.9 Å². The molecule has 2 aromatic rings. The minimum atomic E-state index is -0.498. The summed E-state index contributed by atoms with van der Waals surface area (Å²) < 4.78 is 27.8. The van der Waals surface area contributed by atoms with Gasteiger partial charge in [0.05, 0.1) is 20.3 Å². The minimum absolute atomic E-state index is 0.0699. The molecule has 0 fully saturated rings. The van der Waals surface area contributed by atoms with E-state index in [1.807, 2.05) is 19.9 Å². The summed E-state index contributed by atoms with van der Waals surface area (Å²) in [6.07, 6.45) is 2.94. The van der Waals surface area contributed by atoms with Crippen molar-refractivity contribution >= 4 is 28.0 Å². The number of carbonyl (C=O) groups is 1. The third-order valence-electron chi connectivity index (χ3n) is 3.97. The molecule has 0 aliphatic heterocycles. The summed E-state index contributed by atoms with van der Waals surface area (Å²) in [7, 11) is 1.50. The molecule has 0 amide bonds. The van der Waals surface area contributed by atoms with E-state index in [2.05, 4.69) is 15.9 Å². The number of methoxy groups -OCH3 is 1. The summed E-state index contributed by atoms with van der Waals surface area (Å²) in [6, 6.07) is 10.6. The molecule has 0 N–H and O–H groups in total. The lowest BCUT2D eigenvalue weighted by Gasteiger charge is -2.14. The number of hydrogen-bond acceptors (Lipinski definition) is 7. The van der Waals surface area contributed by atoms with Crippen molar-refractivity contribution < 1.29 is 28.5 Å². The molecule has 31 heavy (non-hydrogen) atoms. The maximum Gasteiger partial charge on any atom is 0.331 e. The van der Waals surface area contributed by atoms with Crippen molar-refractivity contribution in [2.24, 2.45) is 0 Å². The van der Waals surface area contributed by atoms with Gasteiger partial charge in [-0.05, 0) is 49.8 Å². The Morgan fingerprint density at radius 2 is 1.74 bits per heavy atom. The number of rotatable bonds is 11. The minimum Gasteiger partial charge on any atom is -0.493 e. The standard InChI is InChI=1S/C23H24BrNO6/c1-4-28-21-13-17(18(24)14-22(21)29-5-2)15-31-23(26)9-7-16-6-8-19(30-11-10-25)20(12-16)27-3/h6-9,12-14H,4-5,11,15H2,1-3H3/b9-7+. The fraction of sp³-hybridized carbons (Fsp3) is 0.304. The number of ether oxygens (including phenoxy) is 5. The zero-order chi connectivity index (χ0) is 22.6. The molecular formula is C23H24BrNO6. The van der Waals surface area contributed by atoms with Crippen LogP contribution in [0.2, 0.25) is 0 Å². The average molecular weight is 490 g/mol. The quantitative estimate of drug-likeness (QED) is 0.327. The molecule has 0 bridgehead atoms. The third-order valence-corrected chi connectivity index (χ3v) is 4.71. The second-order valence-corrected chi connectivity index (χ2v) is 6.91. The zero-order valence-corrected chi connectivity index (χ0v) is 19.2. The van der Waals surface area contributed by atoms with Gasteiger partial charge in [0, 0.05) is 16.1 Å². The second kappa shape index (κ2) is 12.5. The van der Waals surface area contributed by atoms with Crippen LogP contribution in [-0.4, -0.2) is 32.9 Å². The van der Waals surface area contributed by atoms with E-state index in [9.17, 15) is 4.79 Å². The molecule has 0 heterocycles. The van der Waals surface area contributed by atoms with Gasteiger partial charge in [-0.25, -0.2) is 4.79 Å². The molecule has 0 radical (unpaired) electrons. The van der Waals surface area contributed by atoms with Crippen molar-refractivity contribution in [2.45, 2.75) is 20.5 Å². The molecule has 0 spiro atoms. The van der Waals surface area contributed by atoms with Crippen LogP contribution < -0.4 is 18.9 Å². The lowest BCUT2D eigenvalue weighted by atomic mass is 10.2. The van der Waals surface area contributed by atoms with E-state index in [-0.39, 0.29) is 13.2 Å². The molecule has 0 aliphatic carbocycles. The first-order valence-corrected chi connectivity index (χ1v) is 10.4. The van der Waals surface area contributed by atoms with E-state index < -0.39 is 5.97 Å². The van der Waals surface area contributed by atoms with Gasteiger partial charge in [0.15, 0.2) is 29.6 Å². The molecule has 0 unspecified atom stereocenters. The summed E-state index contributed by atoms with van der Waals surface area (Å²) >= 11 is 3.48. The highest BCUT2D eigenvalue weighted by molar-refractivity contribution is 9.10. The van der Waals surface area contributed by atoms with Crippen molar-refractivity contribution in [3.8, 4) is 29.1 Å². The Balaban J connectivity index is 2.04. The van der Waals surface area contributed by atoms with E-state index in [0.29, 0.717) is 36.2 Å². The van der Waals surface area contributed by atoms with Crippen molar-refractivity contribution in [1.82, 2.24) is 0 Å². The summed E-state index contributed by atoms with van der Waals surface area (Å²) in [4.78, 5) is 12.2. The van der Waals surface area contributed by atoms with Crippen LogP contribution >= 0.6 is 15.9 Å². The molecule has 0 saturated carbocycles. The van der Waals surface area contributed by atoms with Crippen LogP contribution in [0.25, 0.3) is 6.08 Å². The molecule has 2 rings (SSSR count). The van der Waals surface area contributed by atoms with Crippen LogP contribution in [0.1, 0.15) is 25.0 Å². The Bertz CT molecular complexity index is 967. The number of benzene rings is 2. The van der Waals surface area contributed by atoms with Gasteiger partial charge in [0.25, 0.3) is 0 Å². The Hall–Kier alpha value is -3.18. The number of nitriles is 1. The highest BCUT2D eigenvalue weighted by Crippen LogP contribution is 2.34. The smallest absolute Gasteiger partial charge is 0.331 e. The van der Waals surface area contributed by atoms with Crippen LogP contribution in [0.3, 0.4) is 0 Å². The lowest BCUT2D eigenvalue weighted by molar-refractivity contribution is -0.138. The molecule has 7 nitrogen and oxygen atoms in total. The van der Waals surface area contributed by atoms with Gasteiger partial charge >= 0.3 is 5.97 Å². The Kier molecular flexibility index (Phi) is 9.72. The fourth-order valence-electron chi connectivity index (χ4n) is 2.60. The fourth-order valence-corrected chi connectivity index (χ4v) is 3.04. The largest absolute Gasteiger partial charge is 0.493 e. The lowest BCUT2D eigenvalue weighted by Crippen LogP contribution is -2.04. The highest BCUT2D eigenvalue weighted by atomic mass is 79.9. The summed E-state index contributed by atoms with van der Waals surface area (Å²) in [5, 5.41) is 8.63. The summed E-state index contributed by atoms with van der Waals surface area (Å²) in [6.45, 7) is 4.79. The van der Waals surface area contributed by atoms with Crippen LogP contribution in [0.4, 0.5) is 0 Å². The molecule has 0 aromatic heterocycles. The van der Waals surface area contributed by atoms with Gasteiger partial charge in [-0.3, -0.25) is 0 Å². The highest BCUT2D eigenvalue weighted by Gasteiger charge is 2.12. The Morgan fingerprint density at radius 1 is 1.03 bits per heavy atom. The molecule has 2 aromatic carbocycles. The normalized spacial score (nSPS) is 10.4. The van der Waals surface area contributed by atoms with Crippen LogP contribution in [0, 0.1) is 11.3 Å². The first-order valence-electron chi connectivity index (χ1n) is 9.63. The van der Waals surface area contributed by atoms with Gasteiger partial charge < -0.3 is 23.7 Å². The zero-order valence-electron chi connectivity index (χ0n) is 17.6. The molecule has 8 heteroatoms. The molecule has 0 atom stereocenters. The first kappa shape index (κ1) is 24.1. The van der Waals surface area contributed by atoms with Gasteiger partial charge in [0.1, 0.15) is 12.7 Å². The Labute approximate surface area is 190 Å². The second-order valence-electron chi connectivity index (χ2n) is 6.05. The average Bonchev–Trinajstić information content (AvgIpc) is 2.77. The Morgan fingerprint density at radius 3 is 2.39 bits per heavy atom. The third kappa shape index (κ3) is 7.23. The molecule has 164 valence electrons. The summed E-state index contributed by atoms with van der Waals surface area (Å²) in [5.74, 6) is 1.64. The van der Waals surface area contributed by atoms with Crippen molar-refractivity contribution in [2.75, 3.05) is 26.9 Å². The number of halogens is 1. The number of carbonyl (C=O) groups excluding carboxylic acids is 1. The number of hydrogen-bond donors (Lipinski definition) is 0. The number of nitrogens with zero attached hydrogens (tertiary/aromatic N) is 1. The molecule has 0 aliphatic rings. The number of esters is 1. The van der Waals surface area contributed by atoms with Crippen molar-refractivity contribution in [1.29, 1.82) is 5.26 Å². The van der Waals surface area contributed by atoms with E-state index in [0.717, 1.165) is 15.6 Å². The molecule has 0 saturated heterocycles. The van der Waals surface area contributed by atoms with Gasteiger partial charge in [-0.15, -0.1) is 0 Å². The van der Waals surface area contributed by atoms with Crippen molar-refractivity contribution in [3.63, 3.8) is 0 Å². The maximum atomic E-state index is 12.2. The predicted octanol–water partition coefficient (Wildman–Crippen LogP) is 4.91. The maximum absolute atomic E-state index is 12.2. The van der Waals surface area contributed by atoms with Crippen LogP contribution in [-0.2, 0) is 16.1 Å². The van der Waals surface area contributed by atoms with Gasteiger partial charge in [-0.2, -0.15) is 5.26 Å². The van der Waals surface area contributed by atoms with E-state index in [1.165, 1.54) is 13.2 Å². The van der Waals surface area contributed by atoms with Crippen LogP contribution in [0.5, 0.6) is 23.0 Å². The van der Waals surface area contributed by atoms with E-state index in [1.54, 1.807) is 36.4 Å². The first-order chi connectivity index (χ1) is 15.0. The van der Waals surface area contributed by atoms with E-state index >= 15 is 0 Å². The van der Waals surface area contributed by atoms with Crippen molar-refractivity contribution in [3.05, 3.63) is 52.0 Å². The topological polar surface area (TPSA) is 87.0 Å². The van der Waals surface area contributed by atoms with Gasteiger partial charge in [0.2, 0.25) is 0 Å². The van der Waals surface area contributed by atoms with Gasteiger partial charge in [-0.1, -0.05) is 22.0 Å².